The van der Waals surface area contributed by atoms with E-state index in [2.05, 4.69) is 4.90 Å². The molecule has 0 saturated carbocycles. The highest BCUT2D eigenvalue weighted by Crippen LogP contribution is 2.35. The molecule has 0 spiro atoms. The zero-order chi connectivity index (χ0) is 8.72. The molecule has 3 atom stereocenters. The van der Waals surface area contributed by atoms with E-state index < -0.39 is 0 Å². The average Bonchev–Trinajstić information content (AvgIpc) is 2.63. The number of rotatable bonds is 2. The van der Waals surface area contributed by atoms with Gasteiger partial charge >= 0.3 is 0 Å². The number of hydrogen-bond acceptors (Lipinski definition) is 4. The number of morpholine rings is 1. The molecule has 0 radical (unpaired) electrons. The van der Waals surface area contributed by atoms with Crippen LogP contribution in [0.2, 0.25) is 0 Å². The van der Waals surface area contributed by atoms with Crippen LogP contribution in [0.5, 0.6) is 0 Å². The molecule has 0 aromatic carbocycles. The molecule has 3 unspecified atom stereocenters. The number of nitrogens with one attached hydrogen (secondary N) is 1. The molecule has 0 aromatic heterocycles. The van der Waals surface area contributed by atoms with E-state index in [0.29, 0.717) is 18.6 Å². The van der Waals surface area contributed by atoms with Crippen molar-refractivity contribution in [1.29, 1.82) is 5.41 Å². The lowest BCUT2D eigenvalue weighted by Gasteiger charge is -2.21. The first-order valence-electron chi connectivity index (χ1n) is 4.31. The molecular formula is C8H14N2O2. The van der Waals surface area contributed by atoms with Gasteiger partial charge in [-0.25, -0.2) is 0 Å². The van der Waals surface area contributed by atoms with Crippen LogP contribution in [0, 0.1) is 5.41 Å². The Balaban J connectivity index is 1.97. The lowest BCUT2D eigenvalue weighted by molar-refractivity contribution is 0.178. The molecule has 2 saturated heterocycles. The smallest absolute Gasteiger partial charge is 0.201 e. The van der Waals surface area contributed by atoms with Crippen LogP contribution in [-0.4, -0.2) is 49.2 Å². The van der Waals surface area contributed by atoms with E-state index >= 15 is 0 Å². The van der Waals surface area contributed by atoms with Crippen LogP contribution in [0.25, 0.3) is 0 Å². The van der Waals surface area contributed by atoms with Crippen molar-refractivity contribution in [1.82, 2.24) is 4.90 Å². The minimum absolute atomic E-state index is 0.0648. The highest BCUT2D eigenvalue weighted by atomic mass is 16.6. The van der Waals surface area contributed by atoms with Crippen molar-refractivity contribution in [3.05, 3.63) is 0 Å². The molecule has 2 heterocycles. The highest BCUT2D eigenvalue weighted by Gasteiger charge is 2.55. The maximum absolute atomic E-state index is 7.63. The van der Waals surface area contributed by atoms with Crippen molar-refractivity contribution >= 4 is 5.90 Å². The number of likely N-dealkylation sites (N-methyl/N-ethyl adjacent to an activating group) is 1. The molecule has 2 aliphatic heterocycles. The van der Waals surface area contributed by atoms with Crippen molar-refractivity contribution in [3.63, 3.8) is 0 Å². The van der Waals surface area contributed by atoms with Gasteiger partial charge in [0.25, 0.3) is 0 Å². The Kier molecular flexibility index (Phi) is 1.81. The topological polar surface area (TPSA) is 48.9 Å². The Bertz CT molecular complexity index is 205. The summed E-state index contributed by atoms with van der Waals surface area (Å²) in [7, 11) is 2.01. The van der Waals surface area contributed by atoms with Crippen molar-refractivity contribution in [2.75, 3.05) is 20.2 Å². The van der Waals surface area contributed by atoms with Gasteiger partial charge in [-0.05, 0) is 14.0 Å². The summed E-state index contributed by atoms with van der Waals surface area (Å²) in [5.41, 5.74) is 0. The van der Waals surface area contributed by atoms with E-state index in [1.807, 2.05) is 14.0 Å². The quantitative estimate of drug-likeness (QED) is 0.363. The summed E-state index contributed by atoms with van der Waals surface area (Å²) in [6.45, 7) is 3.40. The molecule has 2 fully saturated rings. The molecule has 12 heavy (non-hydrogen) atoms. The van der Waals surface area contributed by atoms with E-state index in [1.165, 1.54) is 0 Å². The monoisotopic (exact) mass is 170 g/mol. The van der Waals surface area contributed by atoms with Gasteiger partial charge in [0.15, 0.2) is 0 Å². The Morgan fingerprint density at radius 1 is 1.75 bits per heavy atom. The van der Waals surface area contributed by atoms with Gasteiger partial charge in [0, 0.05) is 6.54 Å². The van der Waals surface area contributed by atoms with E-state index in [-0.39, 0.29) is 12.1 Å². The van der Waals surface area contributed by atoms with Gasteiger partial charge in [0.2, 0.25) is 5.90 Å². The molecule has 2 rings (SSSR count). The highest BCUT2D eigenvalue weighted by molar-refractivity contribution is 5.80. The van der Waals surface area contributed by atoms with Gasteiger partial charge < -0.3 is 9.47 Å². The van der Waals surface area contributed by atoms with Crippen LogP contribution >= 0.6 is 0 Å². The minimum atomic E-state index is 0.0648. The van der Waals surface area contributed by atoms with Crippen LogP contribution in [0.15, 0.2) is 0 Å². The summed E-state index contributed by atoms with van der Waals surface area (Å²) in [5.74, 6) is 0.352. The van der Waals surface area contributed by atoms with Crippen LogP contribution < -0.4 is 0 Å². The lowest BCUT2D eigenvalue weighted by Crippen LogP contribution is -2.39. The number of nitrogens with zero attached hydrogens (tertiary/aromatic N) is 1. The normalized spacial score (nSPS) is 39.3. The fraction of sp³-hybridized carbons (Fsp3) is 0.875. The summed E-state index contributed by atoms with van der Waals surface area (Å²) >= 11 is 0. The molecule has 68 valence electrons. The van der Waals surface area contributed by atoms with Gasteiger partial charge in [-0.3, -0.25) is 10.3 Å². The first kappa shape index (κ1) is 8.01. The fourth-order valence-corrected chi connectivity index (χ4v) is 1.82. The number of likely N-dealkylation sites (tertiary alicyclic amines) is 1. The Morgan fingerprint density at radius 2 is 2.50 bits per heavy atom. The van der Waals surface area contributed by atoms with Crippen LogP contribution in [-0.2, 0) is 9.47 Å². The third-order valence-corrected chi connectivity index (χ3v) is 2.44. The minimum Gasteiger partial charge on any atom is -0.480 e. The predicted molar refractivity (Wildman–Crippen MR) is 44.4 cm³/mol. The second-order valence-corrected chi connectivity index (χ2v) is 3.32. The molecule has 4 nitrogen and oxygen atoms in total. The number of hydrogen-bond donors (Lipinski definition) is 1. The zero-order valence-corrected chi connectivity index (χ0v) is 7.41. The van der Waals surface area contributed by atoms with Crippen LogP contribution in [0.1, 0.15) is 6.92 Å². The number of fused-ring (bicyclic) bond motifs is 1. The summed E-state index contributed by atoms with van der Waals surface area (Å²) in [6, 6.07) is 0.0648. The van der Waals surface area contributed by atoms with Gasteiger partial charge in [0.1, 0.15) is 12.1 Å². The van der Waals surface area contributed by atoms with Gasteiger partial charge in [0.05, 0.1) is 12.7 Å². The van der Waals surface area contributed by atoms with Crippen molar-refractivity contribution in [2.24, 2.45) is 0 Å². The molecule has 4 heteroatoms. The summed E-state index contributed by atoms with van der Waals surface area (Å²) < 4.78 is 10.5. The van der Waals surface area contributed by atoms with E-state index in [9.17, 15) is 0 Å². The predicted octanol–water partition coefficient (Wildman–Crippen LogP) is 0.0816. The first-order chi connectivity index (χ1) is 5.74. The third kappa shape index (κ3) is 1.11. The van der Waals surface area contributed by atoms with Crippen LogP contribution in [0.4, 0.5) is 0 Å². The van der Waals surface area contributed by atoms with Gasteiger partial charge in [-0.15, -0.1) is 0 Å². The van der Waals surface area contributed by atoms with Crippen molar-refractivity contribution < 1.29 is 9.47 Å². The molecule has 0 aromatic rings. The third-order valence-electron chi connectivity index (χ3n) is 2.44. The molecular weight excluding hydrogens is 156 g/mol. The Labute approximate surface area is 72.0 Å². The maximum Gasteiger partial charge on any atom is 0.201 e. The summed E-state index contributed by atoms with van der Waals surface area (Å²) in [6.07, 6.45) is 0.592. The van der Waals surface area contributed by atoms with Gasteiger partial charge in [-0.2, -0.15) is 0 Å². The molecule has 2 aliphatic rings. The fourth-order valence-electron chi connectivity index (χ4n) is 1.82. The Morgan fingerprint density at radius 3 is 3.00 bits per heavy atom. The first-order valence-corrected chi connectivity index (χ1v) is 4.31. The van der Waals surface area contributed by atoms with Crippen molar-refractivity contribution in [3.8, 4) is 0 Å². The van der Waals surface area contributed by atoms with Crippen LogP contribution in [0.3, 0.4) is 0 Å². The maximum atomic E-state index is 7.63. The molecule has 0 bridgehead atoms. The molecule has 0 amide bonds. The van der Waals surface area contributed by atoms with E-state index in [1.54, 1.807) is 0 Å². The largest absolute Gasteiger partial charge is 0.480 e. The van der Waals surface area contributed by atoms with E-state index in [4.69, 9.17) is 14.9 Å². The Hall–Kier alpha value is -0.610. The second kappa shape index (κ2) is 2.71. The van der Waals surface area contributed by atoms with E-state index in [0.717, 1.165) is 6.54 Å². The van der Waals surface area contributed by atoms with Gasteiger partial charge in [-0.1, -0.05) is 0 Å². The number of ether oxygens (including phenoxy) is 2. The summed E-state index contributed by atoms with van der Waals surface area (Å²) in [4.78, 5) is 2.12. The second-order valence-electron chi connectivity index (χ2n) is 3.32. The molecule has 1 N–H and O–H groups in total. The summed E-state index contributed by atoms with van der Waals surface area (Å²) in [5, 5.41) is 7.63. The lowest BCUT2D eigenvalue weighted by atomic mass is 10.2. The SMILES string of the molecule is CCOC(=N)C1C2OC2CN1C. The average molecular weight is 170 g/mol. The zero-order valence-electron chi connectivity index (χ0n) is 7.41. The standard InChI is InChI=1S/C8H14N2O2/c1-3-11-8(9)6-7-5(12-7)4-10(6)2/h5-7,9H,3-4H2,1-2H3. The van der Waals surface area contributed by atoms with Crippen molar-refractivity contribution in [2.45, 2.75) is 25.2 Å². The number of epoxide rings is 1. The molecule has 0 aliphatic carbocycles.